The van der Waals surface area contributed by atoms with E-state index in [0.717, 1.165) is 31.4 Å². The number of thioether (sulfide) groups is 1. The molecule has 1 aromatic heterocycles. The van der Waals surface area contributed by atoms with Crippen molar-refractivity contribution < 1.29 is 23.4 Å². The average Bonchev–Trinajstić information content (AvgIpc) is 3.43. The van der Waals surface area contributed by atoms with Crippen LogP contribution in [0.3, 0.4) is 0 Å². The zero-order valence-electron chi connectivity index (χ0n) is 18.5. The molecular formula is C24H25FN4O4S. The van der Waals surface area contributed by atoms with Crippen molar-refractivity contribution in [2.24, 2.45) is 0 Å². The van der Waals surface area contributed by atoms with Gasteiger partial charge in [0.2, 0.25) is 5.91 Å². The smallest absolute Gasteiger partial charge is 0.234 e. The highest BCUT2D eigenvalue weighted by Crippen LogP contribution is 2.32. The summed E-state index contributed by atoms with van der Waals surface area (Å²) < 4.78 is 32.5. The summed E-state index contributed by atoms with van der Waals surface area (Å²) in [5.41, 5.74) is 1.40. The molecule has 2 aliphatic heterocycles. The Labute approximate surface area is 200 Å². The Morgan fingerprint density at radius 3 is 2.68 bits per heavy atom. The Kier molecular flexibility index (Phi) is 6.96. The Balaban J connectivity index is 1.28. The summed E-state index contributed by atoms with van der Waals surface area (Å²) in [6, 6.07) is 11.5. The van der Waals surface area contributed by atoms with Crippen molar-refractivity contribution >= 4 is 23.4 Å². The van der Waals surface area contributed by atoms with Crippen LogP contribution in [0.5, 0.6) is 11.5 Å². The summed E-state index contributed by atoms with van der Waals surface area (Å²) in [6.07, 6.45) is 2.85. The molecule has 0 bridgehead atoms. The van der Waals surface area contributed by atoms with E-state index in [1.165, 1.54) is 23.9 Å². The van der Waals surface area contributed by atoms with E-state index in [9.17, 15) is 9.18 Å². The summed E-state index contributed by atoms with van der Waals surface area (Å²) in [5, 5.41) is 12.2. The largest absolute Gasteiger partial charge is 0.490 e. The van der Waals surface area contributed by atoms with Crippen LogP contribution in [-0.2, 0) is 16.1 Å². The van der Waals surface area contributed by atoms with Gasteiger partial charge in [-0.2, -0.15) is 0 Å². The van der Waals surface area contributed by atoms with Gasteiger partial charge in [-0.1, -0.05) is 11.8 Å². The lowest BCUT2D eigenvalue weighted by atomic mass is 10.2. The first-order valence-corrected chi connectivity index (χ1v) is 12.3. The van der Waals surface area contributed by atoms with Crippen molar-refractivity contribution in [2.75, 3.05) is 30.9 Å². The number of carbonyl (C=O) groups is 1. The van der Waals surface area contributed by atoms with Gasteiger partial charge < -0.3 is 19.5 Å². The molecule has 178 valence electrons. The molecule has 34 heavy (non-hydrogen) atoms. The van der Waals surface area contributed by atoms with Crippen LogP contribution in [-0.4, -0.2) is 52.3 Å². The van der Waals surface area contributed by atoms with Crippen LogP contribution in [0.15, 0.2) is 47.6 Å². The third kappa shape index (κ3) is 5.34. The number of benzene rings is 2. The van der Waals surface area contributed by atoms with Crippen LogP contribution in [0.2, 0.25) is 0 Å². The Morgan fingerprint density at radius 1 is 1.06 bits per heavy atom. The standard InChI is InChI=1S/C24H25FN4O4S/c25-17-6-4-16(5-7-17)23-27-28-24(29(23)14-19-3-1-10-31-19)34-15-22(30)26-18-8-9-20-21(13-18)33-12-2-11-32-20/h4-9,13,19H,1-3,10-12,14-15H2,(H,26,30)/t19-/m1/s1. The number of nitrogens with one attached hydrogen (secondary N) is 1. The Morgan fingerprint density at radius 2 is 1.88 bits per heavy atom. The number of anilines is 1. The molecule has 2 aromatic carbocycles. The number of fused-ring (bicyclic) bond motifs is 1. The fourth-order valence-corrected chi connectivity index (χ4v) is 4.68. The third-order valence-electron chi connectivity index (χ3n) is 5.59. The van der Waals surface area contributed by atoms with E-state index in [1.807, 2.05) is 4.57 Å². The van der Waals surface area contributed by atoms with Gasteiger partial charge in [0.1, 0.15) is 5.82 Å². The highest BCUT2D eigenvalue weighted by atomic mass is 32.2. The monoisotopic (exact) mass is 484 g/mol. The molecule has 0 unspecified atom stereocenters. The first kappa shape index (κ1) is 22.7. The van der Waals surface area contributed by atoms with E-state index in [4.69, 9.17) is 14.2 Å². The number of hydrogen-bond acceptors (Lipinski definition) is 7. The summed E-state index contributed by atoms with van der Waals surface area (Å²) in [7, 11) is 0. The van der Waals surface area contributed by atoms with E-state index >= 15 is 0 Å². The Bertz CT molecular complexity index is 1150. The maximum Gasteiger partial charge on any atom is 0.234 e. The van der Waals surface area contributed by atoms with Gasteiger partial charge in [-0.25, -0.2) is 4.39 Å². The normalized spacial score (nSPS) is 17.4. The van der Waals surface area contributed by atoms with Crippen molar-refractivity contribution in [1.82, 2.24) is 14.8 Å². The van der Waals surface area contributed by atoms with Gasteiger partial charge in [0, 0.05) is 30.3 Å². The Hall–Kier alpha value is -3.11. The number of aromatic nitrogens is 3. The lowest BCUT2D eigenvalue weighted by Gasteiger charge is -2.15. The van der Waals surface area contributed by atoms with E-state index in [2.05, 4.69) is 15.5 Å². The number of amides is 1. The van der Waals surface area contributed by atoms with Gasteiger partial charge in [-0.05, 0) is 49.2 Å². The molecule has 0 spiro atoms. The minimum atomic E-state index is -0.310. The van der Waals surface area contributed by atoms with Crippen molar-refractivity contribution in [3.63, 3.8) is 0 Å². The minimum Gasteiger partial charge on any atom is -0.490 e. The first-order valence-electron chi connectivity index (χ1n) is 11.3. The lowest BCUT2D eigenvalue weighted by molar-refractivity contribution is -0.113. The molecule has 8 nitrogen and oxygen atoms in total. The van der Waals surface area contributed by atoms with Crippen molar-refractivity contribution in [3.05, 3.63) is 48.3 Å². The van der Waals surface area contributed by atoms with Gasteiger partial charge in [-0.3, -0.25) is 9.36 Å². The number of ether oxygens (including phenoxy) is 3. The number of carbonyl (C=O) groups excluding carboxylic acids is 1. The second-order valence-electron chi connectivity index (χ2n) is 8.11. The van der Waals surface area contributed by atoms with Crippen molar-refractivity contribution in [3.8, 4) is 22.9 Å². The predicted octanol–water partition coefficient (Wildman–Crippen LogP) is 4.16. The second kappa shape index (κ2) is 10.4. The molecule has 1 atom stereocenters. The highest BCUT2D eigenvalue weighted by molar-refractivity contribution is 7.99. The van der Waals surface area contributed by atoms with Gasteiger partial charge >= 0.3 is 0 Å². The zero-order valence-corrected chi connectivity index (χ0v) is 19.4. The molecule has 0 saturated carbocycles. The summed E-state index contributed by atoms with van der Waals surface area (Å²) in [6.45, 7) is 2.50. The first-order chi connectivity index (χ1) is 16.7. The summed E-state index contributed by atoms with van der Waals surface area (Å²) in [5.74, 6) is 1.61. The number of halogens is 1. The number of nitrogens with zero attached hydrogens (tertiary/aromatic N) is 3. The third-order valence-corrected chi connectivity index (χ3v) is 6.56. The number of rotatable bonds is 7. The van der Waals surface area contributed by atoms with Crippen LogP contribution in [0.25, 0.3) is 11.4 Å². The van der Waals surface area contributed by atoms with E-state index in [-0.39, 0.29) is 23.6 Å². The van der Waals surface area contributed by atoms with Crippen molar-refractivity contribution in [2.45, 2.75) is 37.1 Å². The highest BCUT2D eigenvalue weighted by Gasteiger charge is 2.22. The summed E-state index contributed by atoms with van der Waals surface area (Å²) in [4.78, 5) is 12.7. The molecule has 3 heterocycles. The molecule has 1 saturated heterocycles. The average molecular weight is 485 g/mol. The molecule has 5 rings (SSSR count). The van der Waals surface area contributed by atoms with Gasteiger partial charge in [0.05, 0.1) is 31.6 Å². The fraction of sp³-hybridized carbons (Fsp3) is 0.375. The topological polar surface area (TPSA) is 87.5 Å². The molecule has 10 heteroatoms. The molecule has 3 aromatic rings. The molecule has 1 fully saturated rings. The number of hydrogen-bond donors (Lipinski definition) is 1. The van der Waals surface area contributed by atoms with Gasteiger partial charge in [0.15, 0.2) is 22.5 Å². The van der Waals surface area contributed by atoms with E-state index in [1.54, 1.807) is 30.3 Å². The molecule has 1 amide bonds. The van der Waals surface area contributed by atoms with E-state index < -0.39 is 0 Å². The van der Waals surface area contributed by atoms with Crippen LogP contribution < -0.4 is 14.8 Å². The van der Waals surface area contributed by atoms with Gasteiger partial charge in [0.25, 0.3) is 0 Å². The van der Waals surface area contributed by atoms with Crippen molar-refractivity contribution in [1.29, 1.82) is 0 Å². The molecule has 2 aliphatic rings. The predicted molar refractivity (Wildman–Crippen MR) is 126 cm³/mol. The van der Waals surface area contributed by atoms with Crippen LogP contribution in [0, 0.1) is 5.82 Å². The maximum atomic E-state index is 13.4. The second-order valence-corrected chi connectivity index (χ2v) is 9.05. The fourth-order valence-electron chi connectivity index (χ4n) is 3.93. The molecule has 0 aliphatic carbocycles. The van der Waals surface area contributed by atoms with E-state index in [0.29, 0.717) is 47.9 Å². The molecule has 1 N–H and O–H groups in total. The zero-order chi connectivity index (χ0) is 23.3. The summed E-state index contributed by atoms with van der Waals surface area (Å²) >= 11 is 1.30. The van der Waals surface area contributed by atoms with Crippen LogP contribution in [0.4, 0.5) is 10.1 Å². The maximum absolute atomic E-state index is 13.4. The van der Waals surface area contributed by atoms with Crippen LogP contribution >= 0.6 is 11.8 Å². The van der Waals surface area contributed by atoms with Gasteiger partial charge in [-0.15, -0.1) is 10.2 Å². The molecule has 0 radical (unpaired) electrons. The van der Waals surface area contributed by atoms with Crippen LogP contribution in [0.1, 0.15) is 19.3 Å². The molecular weight excluding hydrogens is 459 g/mol. The minimum absolute atomic E-state index is 0.0603. The SMILES string of the molecule is O=C(CSc1nnc(-c2ccc(F)cc2)n1C[C@H]1CCCO1)Nc1ccc2c(c1)OCCCO2. The lowest BCUT2D eigenvalue weighted by Crippen LogP contribution is -2.18. The quantitative estimate of drug-likeness (QED) is 0.504.